The number of rotatable bonds is 4. The van der Waals surface area contributed by atoms with Gasteiger partial charge in [0.1, 0.15) is 11.9 Å². The van der Waals surface area contributed by atoms with Crippen molar-refractivity contribution in [2.75, 3.05) is 13.1 Å². The molecule has 1 aliphatic rings. The van der Waals surface area contributed by atoms with Gasteiger partial charge < -0.3 is 10.1 Å². The first-order valence-corrected chi connectivity index (χ1v) is 7.24. The van der Waals surface area contributed by atoms with Crippen molar-refractivity contribution in [3.05, 3.63) is 29.8 Å². The topological polar surface area (TPSA) is 21.3 Å². The van der Waals surface area contributed by atoms with Gasteiger partial charge in [0.2, 0.25) is 0 Å². The molecule has 0 spiro atoms. The van der Waals surface area contributed by atoms with Crippen LogP contribution in [0.1, 0.15) is 46.6 Å². The van der Waals surface area contributed by atoms with Crippen LogP contribution in [-0.4, -0.2) is 19.2 Å². The Labute approximate surface area is 117 Å². The number of hydrogen-bond acceptors (Lipinski definition) is 2. The maximum absolute atomic E-state index is 5.86. The molecule has 0 saturated carbocycles. The van der Waals surface area contributed by atoms with Crippen molar-refractivity contribution < 1.29 is 4.74 Å². The monoisotopic (exact) mass is 261 g/mol. The predicted octanol–water partition coefficient (Wildman–Crippen LogP) is 3.75. The molecule has 1 aromatic rings. The Hall–Kier alpha value is -1.02. The van der Waals surface area contributed by atoms with E-state index in [9.17, 15) is 0 Å². The van der Waals surface area contributed by atoms with Crippen LogP contribution in [0.2, 0.25) is 0 Å². The van der Waals surface area contributed by atoms with Crippen LogP contribution in [0.25, 0.3) is 0 Å². The van der Waals surface area contributed by atoms with Crippen molar-refractivity contribution in [3.8, 4) is 5.75 Å². The summed E-state index contributed by atoms with van der Waals surface area (Å²) in [6.07, 6.45) is 1.53. The van der Waals surface area contributed by atoms with E-state index in [1.165, 1.54) is 12.0 Å². The van der Waals surface area contributed by atoms with E-state index in [1.54, 1.807) is 0 Å². The molecule has 0 bridgehead atoms. The first-order chi connectivity index (χ1) is 8.76. The van der Waals surface area contributed by atoms with Gasteiger partial charge in [0.05, 0.1) is 0 Å². The standard InChI is InChI=1S/C17H27NO/c1-16(2,3)12-17(4,5)13-6-8-14(9-7-13)19-15-10-18-11-15/h6-9,15,18H,10-12H2,1-5H3. The van der Waals surface area contributed by atoms with Gasteiger partial charge in [-0.05, 0) is 34.9 Å². The van der Waals surface area contributed by atoms with Gasteiger partial charge in [-0.25, -0.2) is 0 Å². The third-order valence-electron chi connectivity index (χ3n) is 3.65. The summed E-state index contributed by atoms with van der Waals surface area (Å²) < 4.78 is 5.86. The number of nitrogens with one attached hydrogen (secondary N) is 1. The minimum Gasteiger partial charge on any atom is -0.488 e. The van der Waals surface area contributed by atoms with Crippen LogP contribution < -0.4 is 10.1 Å². The Morgan fingerprint density at radius 1 is 1.05 bits per heavy atom. The fraction of sp³-hybridized carbons (Fsp3) is 0.647. The largest absolute Gasteiger partial charge is 0.488 e. The van der Waals surface area contributed by atoms with E-state index in [0.717, 1.165) is 18.8 Å². The Morgan fingerprint density at radius 3 is 2.05 bits per heavy atom. The zero-order valence-electron chi connectivity index (χ0n) is 12.9. The summed E-state index contributed by atoms with van der Waals surface area (Å²) in [7, 11) is 0. The second-order valence-corrected chi connectivity index (χ2v) is 7.54. The maximum Gasteiger partial charge on any atom is 0.123 e. The molecule has 0 aromatic heterocycles. The molecule has 0 atom stereocenters. The molecule has 2 rings (SSSR count). The Bertz CT molecular complexity index is 410. The fourth-order valence-electron chi connectivity index (χ4n) is 2.95. The van der Waals surface area contributed by atoms with Gasteiger partial charge in [-0.15, -0.1) is 0 Å². The molecule has 2 heteroatoms. The molecule has 2 nitrogen and oxygen atoms in total. The SMILES string of the molecule is CC(C)(C)CC(C)(C)c1ccc(OC2CNC2)cc1. The highest BCUT2D eigenvalue weighted by atomic mass is 16.5. The molecule has 1 saturated heterocycles. The van der Waals surface area contributed by atoms with Crippen LogP contribution in [0.5, 0.6) is 5.75 Å². The van der Waals surface area contributed by atoms with Crippen LogP contribution in [0, 0.1) is 5.41 Å². The molecule has 1 aromatic carbocycles. The van der Waals surface area contributed by atoms with Crippen molar-refractivity contribution in [3.63, 3.8) is 0 Å². The molecule has 0 aliphatic carbocycles. The second-order valence-electron chi connectivity index (χ2n) is 7.54. The van der Waals surface area contributed by atoms with Gasteiger partial charge in [0.25, 0.3) is 0 Å². The summed E-state index contributed by atoms with van der Waals surface area (Å²) in [5.41, 5.74) is 1.94. The molecular weight excluding hydrogens is 234 g/mol. The van der Waals surface area contributed by atoms with Gasteiger partial charge >= 0.3 is 0 Å². The van der Waals surface area contributed by atoms with Gasteiger partial charge in [0.15, 0.2) is 0 Å². The van der Waals surface area contributed by atoms with Gasteiger partial charge in [-0.1, -0.05) is 46.8 Å². The minimum absolute atomic E-state index is 0.203. The molecule has 1 aliphatic heterocycles. The van der Waals surface area contributed by atoms with Gasteiger partial charge in [0, 0.05) is 13.1 Å². The quantitative estimate of drug-likeness (QED) is 0.891. The molecule has 0 radical (unpaired) electrons. The van der Waals surface area contributed by atoms with Crippen LogP contribution >= 0.6 is 0 Å². The highest BCUT2D eigenvalue weighted by Gasteiger charge is 2.27. The minimum atomic E-state index is 0.203. The zero-order chi connectivity index (χ0) is 14.1. The molecule has 106 valence electrons. The Kier molecular flexibility index (Phi) is 3.91. The summed E-state index contributed by atoms with van der Waals surface area (Å²) in [5.74, 6) is 0.988. The lowest BCUT2D eigenvalue weighted by Gasteiger charge is -2.33. The number of hydrogen-bond donors (Lipinski definition) is 1. The van der Waals surface area contributed by atoms with Crippen LogP contribution in [0.15, 0.2) is 24.3 Å². The van der Waals surface area contributed by atoms with Crippen molar-refractivity contribution >= 4 is 0 Å². The first kappa shape index (κ1) is 14.4. The average Bonchev–Trinajstić information content (AvgIpc) is 2.21. The average molecular weight is 261 g/mol. The van der Waals surface area contributed by atoms with E-state index in [1.807, 2.05) is 0 Å². The molecule has 19 heavy (non-hydrogen) atoms. The van der Waals surface area contributed by atoms with Crippen molar-refractivity contribution in [1.82, 2.24) is 5.32 Å². The van der Waals surface area contributed by atoms with E-state index in [2.05, 4.69) is 64.2 Å². The van der Waals surface area contributed by atoms with E-state index >= 15 is 0 Å². The Balaban J connectivity index is 2.03. The number of ether oxygens (including phenoxy) is 1. The molecular formula is C17H27NO. The molecule has 1 N–H and O–H groups in total. The lowest BCUT2D eigenvalue weighted by atomic mass is 9.72. The molecule has 1 heterocycles. The van der Waals surface area contributed by atoms with Crippen molar-refractivity contribution in [1.29, 1.82) is 0 Å². The Morgan fingerprint density at radius 2 is 1.63 bits per heavy atom. The van der Waals surface area contributed by atoms with Gasteiger partial charge in [-0.2, -0.15) is 0 Å². The zero-order valence-corrected chi connectivity index (χ0v) is 12.9. The third-order valence-corrected chi connectivity index (χ3v) is 3.65. The van der Waals surface area contributed by atoms with Crippen LogP contribution in [-0.2, 0) is 5.41 Å². The summed E-state index contributed by atoms with van der Waals surface area (Å²) in [5, 5.41) is 3.22. The molecule has 0 unspecified atom stereocenters. The summed E-state index contributed by atoms with van der Waals surface area (Å²) >= 11 is 0. The van der Waals surface area contributed by atoms with E-state index < -0.39 is 0 Å². The third kappa shape index (κ3) is 3.97. The lowest BCUT2D eigenvalue weighted by Crippen LogP contribution is -2.50. The van der Waals surface area contributed by atoms with E-state index in [4.69, 9.17) is 4.74 Å². The van der Waals surface area contributed by atoms with Gasteiger partial charge in [-0.3, -0.25) is 0 Å². The molecule has 1 fully saturated rings. The van der Waals surface area contributed by atoms with E-state index in [0.29, 0.717) is 11.5 Å². The smallest absolute Gasteiger partial charge is 0.123 e. The van der Waals surface area contributed by atoms with E-state index in [-0.39, 0.29) is 5.41 Å². The second kappa shape index (κ2) is 5.16. The highest BCUT2D eigenvalue weighted by Crippen LogP contribution is 2.36. The lowest BCUT2D eigenvalue weighted by molar-refractivity contribution is 0.142. The maximum atomic E-state index is 5.86. The highest BCUT2D eigenvalue weighted by molar-refractivity contribution is 5.32. The first-order valence-electron chi connectivity index (χ1n) is 7.24. The molecule has 0 amide bonds. The summed E-state index contributed by atoms with van der Waals surface area (Å²) in [6, 6.07) is 8.65. The van der Waals surface area contributed by atoms with Crippen molar-refractivity contribution in [2.45, 2.75) is 52.6 Å². The number of benzene rings is 1. The summed E-state index contributed by atoms with van der Waals surface area (Å²) in [6.45, 7) is 13.5. The van der Waals surface area contributed by atoms with Crippen molar-refractivity contribution in [2.24, 2.45) is 5.41 Å². The van der Waals surface area contributed by atoms with Crippen LogP contribution in [0.4, 0.5) is 0 Å². The normalized spacial score (nSPS) is 17.1. The predicted molar refractivity (Wildman–Crippen MR) is 80.8 cm³/mol. The fourth-order valence-corrected chi connectivity index (χ4v) is 2.95. The van der Waals surface area contributed by atoms with Crippen LogP contribution in [0.3, 0.4) is 0 Å². The summed E-state index contributed by atoms with van der Waals surface area (Å²) in [4.78, 5) is 0.